The number of hydrogen-bond donors (Lipinski definition) is 2. The summed E-state index contributed by atoms with van der Waals surface area (Å²) in [6, 6.07) is 5.38. The van der Waals surface area contributed by atoms with Crippen LogP contribution >= 0.6 is 15.9 Å². The third-order valence-corrected chi connectivity index (χ3v) is 3.99. The third-order valence-electron chi connectivity index (χ3n) is 2.05. The summed E-state index contributed by atoms with van der Waals surface area (Å²) in [5.74, 6) is 0. The van der Waals surface area contributed by atoms with Crippen molar-refractivity contribution in [3.05, 3.63) is 28.2 Å². The van der Waals surface area contributed by atoms with E-state index in [1.165, 1.54) is 0 Å². The van der Waals surface area contributed by atoms with Crippen LogP contribution in [0.4, 0.5) is 5.69 Å². The normalized spacial score (nSPS) is 11.4. The van der Waals surface area contributed by atoms with Gasteiger partial charge in [-0.15, -0.1) is 0 Å². The van der Waals surface area contributed by atoms with Gasteiger partial charge in [-0.1, -0.05) is 28.9 Å². The highest BCUT2D eigenvalue weighted by atomic mass is 79.9. The van der Waals surface area contributed by atoms with Gasteiger partial charge in [0.05, 0.1) is 5.69 Å². The van der Waals surface area contributed by atoms with E-state index in [1.54, 1.807) is 12.1 Å². The van der Waals surface area contributed by atoms with Crippen LogP contribution in [0.2, 0.25) is 0 Å². The summed E-state index contributed by atoms with van der Waals surface area (Å²) in [6.07, 6.45) is 0.762. The molecular weight excluding hydrogens is 292 g/mol. The van der Waals surface area contributed by atoms with E-state index in [0.29, 0.717) is 12.2 Å². The maximum atomic E-state index is 11.6. The fraction of sp³-hybridized carbons (Fsp3) is 0.400. The molecule has 0 unspecified atom stereocenters. The lowest BCUT2D eigenvalue weighted by molar-refractivity contribution is 0.586. The zero-order valence-corrected chi connectivity index (χ0v) is 11.7. The van der Waals surface area contributed by atoms with Crippen molar-refractivity contribution in [1.82, 2.24) is 4.72 Å². The first-order valence-electron chi connectivity index (χ1n) is 4.99. The Hall–Kier alpha value is -0.590. The maximum Gasteiger partial charge on any atom is 0.299 e. The molecule has 0 spiro atoms. The number of benzene rings is 1. The standard InChI is InChI=1S/C10H15BrN2O2S/c1-3-7-12-16(14,15)13-10-6-4-5-9(11)8(10)2/h4-6,12-13H,3,7H2,1-2H3. The molecule has 0 heterocycles. The highest BCUT2D eigenvalue weighted by molar-refractivity contribution is 9.10. The molecule has 1 rings (SSSR count). The SMILES string of the molecule is CCCNS(=O)(=O)Nc1cccc(Br)c1C. The number of nitrogens with one attached hydrogen (secondary N) is 2. The van der Waals surface area contributed by atoms with Crippen molar-refractivity contribution in [1.29, 1.82) is 0 Å². The molecule has 0 amide bonds. The first kappa shape index (κ1) is 13.5. The number of hydrogen-bond acceptors (Lipinski definition) is 2. The Morgan fingerprint density at radius 1 is 1.38 bits per heavy atom. The summed E-state index contributed by atoms with van der Waals surface area (Å²) in [6.45, 7) is 4.19. The van der Waals surface area contributed by atoms with E-state index in [0.717, 1.165) is 16.5 Å². The van der Waals surface area contributed by atoms with Crippen LogP contribution in [0, 0.1) is 6.92 Å². The minimum atomic E-state index is -3.46. The van der Waals surface area contributed by atoms with Crippen LogP contribution in [0.3, 0.4) is 0 Å². The molecule has 0 aliphatic rings. The van der Waals surface area contributed by atoms with E-state index in [9.17, 15) is 8.42 Å². The molecule has 4 nitrogen and oxygen atoms in total. The lowest BCUT2D eigenvalue weighted by Crippen LogP contribution is -2.30. The van der Waals surface area contributed by atoms with Gasteiger partial charge in [0.15, 0.2) is 0 Å². The smallest absolute Gasteiger partial charge is 0.271 e. The minimum absolute atomic E-state index is 0.433. The second-order valence-corrected chi connectivity index (χ2v) is 5.77. The van der Waals surface area contributed by atoms with Gasteiger partial charge >= 0.3 is 0 Å². The third kappa shape index (κ3) is 3.77. The van der Waals surface area contributed by atoms with Gasteiger partial charge in [0.25, 0.3) is 10.2 Å². The Morgan fingerprint density at radius 2 is 2.06 bits per heavy atom. The summed E-state index contributed by atoms with van der Waals surface area (Å²) in [7, 11) is -3.46. The van der Waals surface area contributed by atoms with Crippen LogP contribution in [-0.2, 0) is 10.2 Å². The fourth-order valence-electron chi connectivity index (χ4n) is 1.14. The van der Waals surface area contributed by atoms with Gasteiger partial charge in [0.1, 0.15) is 0 Å². The Morgan fingerprint density at radius 3 is 2.69 bits per heavy atom. The fourth-order valence-corrected chi connectivity index (χ4v) is 2.56. The number of anilines is 1. The average molecular weight is 307 g/mol. The molecule has 0 fully saturated rings. The summed E-state index contributed by atoms with van der Waals surface area (Å²) >= 11 is 3.35. The molecule has 90 valence electrons. The molecule has 0 radical (unpaired) electrons. The van der Waals surface area contributed by atoms with Crippen LogP contribution in [0.5, 0.6) is 0 Å². The van der Waals surface area contributed by atoms with Gasteiger partial charge in [0.2, 0.25) is 0 Å². The zero-order valence-electron chi connectivity index (χ0n) is 9.25. The molecule has 0 atom stereocenters. The summed E-state index contributed by atoms with van der Waals surface area (Å²) in [5, 5.41) is 0. The maximum absolute atomic E-state index is 11.6. The van der Waals surface area contributed by atoms with Crippen LogP contribution in [0.25, 0.3) is 0 Å². The molecule has 0 saturated carbocycles. The topological polar surface area (TPSA) is 58.2 Å². The molecule has 0 aliphatic heterocycles. The minimum Gasteiger partial charge on any atom is -0.271 e. The van der Waals surface area contributed by atoms with Gasteiger partial charge in [-0.2, -0.15) is 13.1 Å². The predicted octanol–water partition coefficient (Wildman–Crippen LogP) is 2.41. The lowest BCUT2D eigenvalue weighted by Gasteiger charge is -2.11. The highest BCUT2D eigenvalue weighted by Crippen LogP contribution is 2.23. The summed E-state index contributed by atoms with van der Waals surface area (Å²) < 4.78 is 29.0. The Labute approximate surface area is 105 Å². The van der Waals surface area contributed by atoms with E-state index in [1.807, 2.05) is 19.9 Å². The Kier molecular flexibility index (Phi) is 4.76. The second kappa shape index (κ2) is 5.65. The molecule has 6 heteroatoms. The van der Waals surface area contributed by atoms with Gasteiger partial charge in [0, 0.05) is 11.0 Å². The zero-order chi connectivity index (χ0) is 12.2. The molecule has 16 heavy (non-hydrogen) atoms. The average Bonchev–Trinajstić information content (AvgIpc) is 2.22. The molecule has 1 aromatic carbocycles. The monoisotopic (exact) mass is 306 g/mol. The van der Waals surface area contributed by atoms with Crippen molar-refractivity contribution in [3.8, 4) is 0 Å². The molecule has 1 aromatic rings. The van der Waals surface area contributed by atoms with Crippen molar-refractivity contribution in [2.75, 3.05) is 11.3 Å². The largest absolute Gasteiger partial charge is 0.299 e. The van der Waals surface area contributed by atoms with Crippen molar-refractivity contribution in [2.45, 2.75) is 20.3 Å². The van der Waals surface area contributed by atoms with E-state index < -0.39 is 10.2 Å². The van der Waals surface area contributed by atoms with E-state index in [4.69, 9.17) is 0 Å². The lowest BCUT2D eigenvalue weighted by atomic mass is 10.2. The van der Waals surface area contributed by atoms with Crippen molar-refractivity contribution >= 4 is 31.8 Å². The second-order valence-electron chi connectivity index (χ2n) is 3.41. The van der Waals surface area contributed by atoms with E-state index in [2.05, 4.69) is 25.4 Å². The summed E-state index contributed by atoms with van der Waals surface area (Å²) in [4.78, 5) is 0. The first-order valence-corrected chi connectivity index (χ1v) is 7.26. The molecule has 0 aromatic heterocycles. The highest BCUT2D eigenvalue weighted by Gasteiger charge is 2.10. The van der Waals surface area contributed by atoms with Gasteiger partial charge in [-0.05, 0) is 31.0 Å². The quantitative estimate of drug-likeness (QED) is 0.877. The number of halogens is 1. The molecule has 0 bridgehead atoms. The van der Waals surface area contributed by atoms with Gasteiger partial charge in [-0.3, -0.25) is 4.72 Å². The van der Waals surface area contributed by atoms with Crippen molar-refractivity contribution < 1.29 is 8.42 Å². The van der Waals surface area contributed by atoms with Gasteiger partial charge in [-0.25, -0.2) is 0 Å². The summed E-state index contributed by atoms with van der Waals surface area (Å²) in [5.41, 5.74) is 1.45. The molecular formula is C10H15BrN2O2S. The van der Waals surface area contributed by atoms with Crippen LogP contribution in [-0.4, -0.2) is 15.0 Å². The first-order chi connectivity index (χ1) is 7.46. The Bertz CT molecular complexity index is 460. The molecule has 0 saturated heterocycles. The van der Waals surface area contributed by atoms with Crippen molar-refractivity contribution in [2.24, 2.45) is 0 Å². The van der Waals surface area contributed by atoms with Crippen LogP contribution in [0.15, 0.2) is 22.7 Å². The van der Waals surface area contributed by atoms with Crippen LogP contribution in [0.1, 0.15) is 18.9 Å². The molecule has 2 N–H and O–H groups in total. The van der Waals surface area contributed by atoms with E-state index in [-0.39, 0.29) is 0 Å². The number of rotatable bonds is 5. The van der Waals surface area contributed by atoms with Crippen molar-refractivity contribution in [3.63, 3.8) is 0 Å². The van der Waals surface area contributed by atoms with Gasteiger partial charge < -0.3 is 0 Å². The predicted molar refractivity (Wildman–Crippen MR) is 69.7 cm³/mol. The van der Waals surface area contributed by atoms with E-state index >= 15 is 0 Å². The molecule has 0 aliphatic carbocycles. The van der Waals surface area contributed by atoms with Crippen LogP contribution < -0.4 is 9.44 Å². The Balaban J connectivity index is 2.84.